The van der Waals surface area contributed by atoms with E-state index in [1.807, 2.05) is 0 Å². The Morgan fingerprint density at radius 1 is 1.04 bits per heavy atom. The largest absolute Gasteiger partial charge is 0.394 e. The molecule has 1 aromatic rings. The second kappa shape index (κ2) is 7.93. The van der Waals surface area contributed by atoms with E-state index in [0.29, 0.717) is 12.1 Å². The summed E-state index contributed by atoms with van der Waals surface area (Å²) in [5.74, 6) is -3.74. The average Bonchev–Trinajstić information content (AvgIpc) is 2.88. The highest BCUT2D eigenvalue weighted by Gasteiger charge is 2.66. The SMILES string of the molecule is O=S(=O)(NCC(C(F)(F)F)C(C(O)F)(C(O)F)C(O)F)c1ccc(F)s1. The minimum atomic E-state index is -5.78. The van der Waals surface area contributed by atoms with Gasteiger partial charge in [0.25, 0.3) is 0 Å². The van der Waals surface area contributed by atoms with Crippen molar-refractivity contribution in [3.05, 3.63) is 17.3 Å². The van der Waals surface area contributed by atoms with Crippen molar-refractivity contribution in [1.29, 1.82) is 0 Å². The first-order chi connectivity index (χ1) is 11.7. The molecule has 1 aromatic heterocycles. The molecule has 0 aliphatic carbocycles. The predicted octanol–water partition coefficient (Wildman–Crippen LogP) is 1.19. The summed E-state index contributed by atoms with van der Waals surface area (Å²) in [4.78, 5) is 0. The number of aliphatic hydroxyl groups is 3. The number of aliphatic hydroxyl groups excluding tert-OH is 3. The minimum absolute atomic E-state index is 0.0115. The van der Waals surface area contributed by atoms with Gasteiger partial charge < -0.3 is 15.3 Å². The molecule has 4 N–H and O–H groups in total. The molecular weight excluding hydrogens is 423 g/mol. The smallest absolute Gasteiger partial charge is 0.363 e. The number of rotatable bonds is 8. The quantitative estimate of drug-likeness (QED) is 0.459. The zero-order valence-corrected chi connectivity index (χ0v) is 13.9. The van der Waals surface area contributed by atoms with Crippen molar-refractivity contribution in [2.24, 2.45) is 11.3 Å². The Balaban J connectivity index is 3.30. The fourth-order valence-corrected chi connectivity index (χ4v) is 4.22. The van der Waals surface area contributed by atoms with Crippen LogP contribution in [0.1, 0.15) is 0 Å². The van der Waals surface area contributed by atoms with E-state index in [1.165, 1.54) is 4.72 Å². The zero-order valence-electron chi connectivity index (χ0n) is 12.3. The molecule has 26 heavy (non-hydrogen) atoms. The summed E-state index contributed by atoms with van der Waals surface area (Å²) in [6.07, 6.45) is -18.0. The molecule has 0 saturated heterocycles. The Hall–Kier alpha value is -1.00. The van der Waals surface area contributed by atoms with Crippen molar-refractivity contribution in [3.63, 3.8) is 0 Å². The monoisotopic (exact) mass is 435 g/mol. The van der Waals surface area contributed by atoms with E-state index < -0.39 is 62.5 Å². The lowest BCUT2D eigenvalue weighted by molar-refractivity contribution is -0.324. The number of nitrogens with one attached hydrogen (secondary N) is 1. The first-order valence-corrected chi connectivity index (χ1v) is 8.75. The molecule has 0 aliphatic rings. The van der Waals surface area contributed by atoms with Crippen LogP contribution in [0.2, 0.25) is 0 Å². The Morgan fingerprint density at radius 2 is 1.50 bits per heavy atom. The molecule has 0 spiro atoms. The molecule has 4 unspecified atom stereocenters. The summed E-state index contributed by atoms with van der Waals surface area (Å²) in [6, 6.07) is 1.35. The van der Waals surface area contributed by atoms with Gasteiger partial charge in [-0.05, 0) is 12.1 Å². The fraction of sp³-hybridized carbons (Fsp3) is 0.636. The lowest BCUT2D eigenvalue weighted by Gasteiger charge is -2.41. The van der Waals surface area contributed by atoms with Gasteiger partial charge >= 0.3 is 6.18 Å². The van der Waals surface area contributed by atoms with Crippen LogP contribution in [0, 0.1) is 16.5 Å². The third kappa shape index (κ3) is 4.45. The molecule has 0 bridgehead atoms. The number of alkyl halides is 6. The number of thiophene rings is 1. The lowest BCUT2D eigenvalue weighted by atomic mass is 9.74. The lowest BCUT2D eigenvalue weighted by Crippen LogP contribution is -2.60. The van der Waals surface area contributed by atoms with Crippen LogP contribution in [0.5, 0.6) is 0 Å². The highest BCUT2D eigenvalue weighted by Crippen LogP contribution is 2.48. The van der Waals surface area contributed by atoms with Gasteiger partial charge in [0.2, 0.25) is 29.1 Å². The van der Waals surface area contributed by atoms with Crippen molar-refractivity contribution in [1.82, 2.24) is 4.72 Å². The Labute approximate surface area is 145 Å². The van der Waals surface area contributed by atoms with Crippen LogP contribution in [-0.4, -0.2) is 55.5 Å². The van der Waals surface area contributed by atoms with Gasteiger partial charge in [-0.15, -0.1) is 0 Å². The molecule has 0 aliphatic heterocycles. The maximum atomic E-state index is 13.3. The molecule has 0 amide bonds. The maximum absolute atomic E-state index is 13.3. The maximum Gasteiger partial charge on any atom is 0.394 e. The standard InChI is InChI=1S/C11H12F7NO5S2/c12-5-1-2-6(25-5)26(23,24)19-3-4(11(16,17)18)10(7(13)20,8(14)21)9(15)22/h1-2,4,7-9,19-22H,3H2. The van der Waals surface area contributed by atoms with Crippen LogP contribution in [0.15, 0.2) is 16.3 Å². The molecule has 4 atom stereocenters. The molecule has 1 heterocycles. The van der Waals surface area contributed by atoms with Gasteiger partial charge in [-0.2, -0.15) is 17.6 Å². The molecule has 0 radical (unpaired) electrons. The minimum Gasteiger partial charge on any atom is -0.363 e. The number of halogens is 7. The van der Waals surface area contributed by atoms with Gasteiger partial charge in [0.15, 0.2) is 5.13 Å². The van der Waals surface area contributed by atoms with Crippen LogP contribution in [0.3, 0.4) is 0 Å². The molecule has 0 saturated carbocycles. The van der Waals surface area contributed by atoms with E-state index in [2.05, 4.69) is 0 Å². The Bertz CT molecular complexity index is 682. The first-order valence-electron chi connectivity index (χ1n) is 6.45. The normalized spacial score (nSPS) is 20.2. The molecule has 152 valence electrons. The fourth-order valence-electron chi connectivity index (χ4n) is 2.12. The van der Waals surface area contributed by atoms with Gasteiger partial charge in [-0.1, -0.05) is 11.3 Å². The summed E-state index contributed by atoms with van der Waals surface area (Å²) in [6.45, 7) is -1.98. The van der Waals surface area contributed by atoms with E-state index in [9.17, 15) is 39.2 Å². The van der Waals surface area contributed by atoms with Crippen molar-refractivity contribution < 1.29 is 54.5 Å². The summed E-state index contributed by atoms with van der Waals surface area (Å²) < 4.78 is 116. The summed E-state index contributed by atoms with van der Waals surface area (Å²) in [7, 11) is -4.82. The van der Waals surface area contributed by atoms with Crippen LogP contribution < -0.4 is 4.72 Å². The van der Waals surface area contributed by atoms with Crippen molar-refractivity contribution >= 4 is 21.4 Å². The van der Waals surface area contributed by atoms with Crippen molar-refractivity contribution in [2.75, 3.05) is 6.54 Å². The zero-order chi connectivity index (χ0) is 20.5. The van der Waals surface area contributed by atoms with E-state index in [-0.39, 0.29) is 11.3 Å². The molecule has 0 aromatic carbocycles. The van der Waals surface area contributed by atoms with Gasteiger partial charge in [0.05, 0.1) is 5.92 Å². The summed E-state index contributed by atoms with van der Waals surface area (Å²) in [5.41, 5.74) is -4.48. The second-order valence-corrected chi connectivity index (χ2v) is 8.04. The first kappa shape index (κ1) is 23.0. The van der Waals surface area contributed by atoms with E-state index in [1.54, 1.807) is 0 Å². The van der Waals surface area contributed by atoms with Crippen LogP contribution >= 0.6 is 11.3 Å². The molecule has 0 fully saturated rings. The van der Waals surface area contributed by atoms with Gasteiger partial charge in [-0.3, -0.25) is 0 Å². The van der Waals surface area contributed by atoms with Crippen molar-refractivity contribution in [2.45, 2.75) is 29.5 Å². The number of hydrogen-bond donors (Lipinski definition) is 4. The van der Waals surface area contributed by atoms with E-state index in [0.717, 1.165) is 0 Å². The third-order valence-corrected chi connectivity index (χ3v) is 6.32. The topological polar surface area (TPSA) is 107 Å². The Morgan fingerprint density at radius 3 is 1.81 bits per heavy atom. The molecule has 1 rings (SSSR count). The van der Waals surface area contributed by atoms with Crippen molar-refractivity contribution in [3.8, 4) is 0 Å². The van der Waals surface area contributed by atoms with Crippen LogP contribution in [0.4, 0.5) is 30.7 Å². The molecular formula is C11H12F7NO5S2. The Kier molecular flexibility index (Phi) is 7.03. The van der Waals surface area contributed by atoms with Crippen LogP contribution in [0.25, 0.3) is 0 Å². The third-order valence-electron chi connectivity index (χ3n) is 3.53. The van der Waals surface area contributed by atoms with E-state index >= 15 is 0 Å². The second-order valence-electron chi connectivity index (χ2n) is 5.01. The molecule has 6 nitrogen and oxygen atoms in total. The predicted molar refractivity (Wildman–Crippen MR) is 72.8 cm³/mol. The van der Waals surface area contributed by atoms with Crippen LogP contribution in [-0.2, 0) is 10.0 Å². The van der Waals surface area contributed by atoms with Gasteiger partial charge in [-0.25, -0.2) is 26.3 Å². The summed E-state index contributed by atoms with van der Waals surface area (Å²) in [5, 5.41) is 25.4. The molecule has 15 heteroatoms. The van der Waals surface area contributed by atoms with Gasteiger partial charge in [0, 0.05) is 6.54 Å². The summed E-state index contributed by atoms with van der Waals surface area (Å²) >= 11 is 0.0115. The highest BCUT2D eigenvalue weighted by molar-refractivity contribution is 7.91. The highest BCUT2D eigenvalue weighted by atomic mass is 32.2. The van der Waals surface area contributed by atoms with Gasteiger partial charge in [0.1, 0.15) is 9.62 Å². The van der Waals surface area contributed by atoms with E-state index in [4.69, 9.17) is 15.3 Å². The number of hydrogen-bond acceptors (Lipinski definition) is 6. The number of sulfonamides is 1. The average molecular weight is 435 g/mol.